The average Bonchev–Trinajstić information content (AvgIpc) is 3.24. The normalized spacial score (nSPS) is 10.6. The molecule has 142 valence electrons. The molecule has 0 aliphatic heterocycles. The van der Waals surface area contributed by atoms with Gasteiger partial charge in [0.15, 0.2) is 12.4 Å². The van der Waals surface area contributed by atoms with E-state index in [1.807, 2.05) is 0 Å². The highest BCUT2D eigenvalue weighted by Crippen LogP contribution is 2.12. The molecule has 3 rings (SSSR count). The van der Waals surface area contributed by atoms with Gasteiger partial charge in [0.1, 0.15) is 11.6 Å². The Balaban J connectivity index is 1.44. The van der Waals surface area contributed by atoms with Crippen LogP contribution in [0, 0.1) is 5.82 Å². The van der Waals surface area contributed by atoms with E-state index in [1.165, 1.54) is 42.8 Å². The van der Waals surface area contributed by atoms with Gasteiger partial charge in [-0.1, -0.05) is 0 Å². The minimum absolute atomic E-state index is 0.166. The van der Waals surface area contributed by atoms with Crippen LogP contribution >= 0.6 is 0 Å². The summed E-state index contributed by atoms with van der Waals surface area (Å²) in [5, 5.41) is 6.44. The van der Waals surface area contributed by atoms with Gasteiger partial charge < -0.3 is 14.5 Å². The van der Waals surface area contributed by atoms with Gasteiger partial charge in [-0.25, -0.2) is 9.82 Å². The van der Waals surface area contributed by atoms with Gasteiger partial charge in [-0.3, -0.25) is 9.59 Å². The third-order valence-corrected chi connectivity index (χ3v) is 3.50. The lowest BCUT2D eigenvalue weighted by Gasteiger charge is -2.07. The molecule has 2 N–H and O–H groups in total. The van der Waals surface area contributed by atoms with Crippen molar-refractivity contribution in [2.45, 2.75) is 0 Å². The predicted octanol–water partition coefficient (Wildman–Crippen LogP) is 3.20. The maximum atomic E-state index is 12.8. The van der Waals surface area contributed by atoms with Crippen molar-refractivity contribution in [1.82, 2.24) is 5.43 Å². The molecule has 0 saturated heterocycles. The quantitative estimate of drug-likeness (QED) is 0.486. The fourth-order valence-electron chi connectivity index (χ4n) is 2.16. The molecule has 1 heterocycles. The Morgan fingerprint density at radius 1 is 1.07 bits per heavy atom. The van der Waals surface area contributed by atoms with Gasteiger partial charge in [0, 0.05) is 5.69 Å². The Kier molecular flexibility index (Phi) is 6.14. The van der Waals surface area contributed by atoms with Crippen molar-refractivity contribution in [2.75, 3.05) is 11.9 Å². The number of hydrogen-bond acceptors (Lipinski definition) is 5. The number of furan rings is 1. The number of halogens is 1. The summed E-state index contributed by atoms with van der Waals surface area (Å²) in [5.41, 5.74) is 3.55. The summed E-state index contributed by atoms with van der Waals surface area (Å²) >= 11 is 0. The number of amides is 2. The Labute approximate surface area is 159 Å². The largest absolute Gasteiger partial charge is 0.484 e. The Morgan fingerprint density at radius 3 is 2.50 bits per heavy atom. The number of carbonyl (C=O) groups excluding carboxylic acids is 2. The van der Waals surface area contributed by atoms with E-state index in [2.05, 4.69) is 15.8 Å². The van der Waals surface area contributed by atoms with E-state index < -0.39 is 5.91 Å². The predicted molar refractivity (Wildman–Crippen MR) is 101 cm³/mol. The van der Waals surface area contributed by atoms with E-state index in [0.717, 1.165) is 5.56 Å². The fourth-order valence-corrected chi connectivity index (χ4v) is 2.16. The monoisotopic (exact) mass is 381 g/mol. The maximum Gasteiger partial charge on any atom is 0.307 e. The zero-order valence-electron chi connectivity index (χ0n) is 14.6. The molecular weight excluding hydrogens is 365 g/mol. The third kappa shape index (κ3) is 5.53. The lowest BCUT2D eigenvalue weighted by Crippen LogP contribution is -2.20. The summed E-state index contributed by atoms with van der Waals surface area (Å²) < 4.78 is 23.2. The molecule has 2 aromatic carbocycles. The van der Waals surface area contributed by atoms with E-state index in [9.17, 15) is 14.0 Å². The molecule has 0 unspecified atom stereocenters. The van der Waals surface area contributed by atoms with Crippen molar-refractivity contribution in [1.29, 1.82) is 0 Å². The molecular formula is C20H16FN3O4. The second-order valence-electron chi connectivity index (χ2n) is 5.59. The van der Waals surface area contributed by atoms with E-state index in [1.54, 1.807) is 30.3 Å². The number of nitrogens with one attached hydrogen (secondary N) is 2. The molecule has 0 atom stereocenters. The summed E-state index contributed by atoms with van der Waals surface area (Å²) in [6, 6.07) is 15.4. The molecule has 28 heavy (non-hydrogen) atoms. The number of hydrazone groups is 1. The Bertz CT molecular complexity index is 952. The maximum absolute atomic E-state index is 12.8. The lowest BCUT2D eigenvalue weighted by atomic mass is 10.2. The zero-order valence-corrected chi connectivity index (χ0v) is 14.6. The molecule has 0 spiro atoms. The molecule has 1 aromatic heterocycles. The van der Waals surface area contributed by atoms with Crippen LogP contribution in [-0.2, 0) is 4.79 Å². The van der Waals surface area contributed by atoms with E-state index in [0.29, 0.717) is 11.4 Å². The fraction of sp³-hybridized carbons (Fsp3) is 0.0500. The minimum Gasteiger partial charge on any atom is -0.484 e. The molecule has 0 saturated carbocycles. The van der Waals surface area contributed by atoms with Gasteiger partial charge in [0.05, 0.1) is 12.5 Å². The molecule has 3 aromatic rings. The number of anilines is 1. The first-order chi connectivity index (χ1) is 13.6. The highest BCUT2D eigenvalue weighted by molar-refractivity contribution is 5.92. The van der Waals surface area contributed by atoms with E-state index in [4.69, 9.17) is 9.15 Å². The molecule has 7 nitrogen and oxygen atoms in total. The molecule has 0 radical (unpaired) electrons. The van der Waals surface area contributed by atoms with Crippen LogP contribution in [0.15, 0.2) is 76.4 Å². The van der Waals surface area contributed by atoms with Gasteiger partial charge in [-0.15, -0.1) is 0 Å². The molecule has 0 bridgehead atoms. The summed E-state index contributed by atoms with van der Waals surface area (Å²) in [4.78, 5) is 23.5. The van der Waals surface area contributed by atoms with Crippen LogP contribution in [0.1, 0.15) is 16.1 Å². The molecule has 0 fully saturated rings. The van der Waals surface area contributed by atoms with Crippen LogP contribution in [-0.4, -0.2) is 24.6 Å². The number of nitrogens with zero attached hydrogens (tertiary/aromatic N) is 1. The van der Waals surface area contributed by atoms with Crippen molar-refractivity contribution in [3.8, 4) is 5.75 Å². The number of benzene rings is 2. The van der Waals surface area contributed by atoms with Gasteiger partial charge in [0.2, 0.25) is 0 Å². The zero-order chi connectivity index (χ0) is 19.8. The van der Waals surface area contributed by atoms with Crippen LogP contribution in [0.4, 0.5) is 10.1 Å². The standard InChI is InChI=1S/C20H16FN3O4/c21-15-5-7-16(8-6-15)23-19(25)13-28-17-9-3-14(4-10-17)12-22-24-20(26)18-2-1-11-27-18/h1-12H,13H2,(H,23,25)(H,24,26). The van der Waals surface area contributed by atoms with Gasteiger partial charge in [-0.05, 0) is 66.2 Å². The first-order valence-corrected chi connectivity index (χ1v) is 8.25. The van der Waals surface area contributed by atoms with Crippen LogP contribution in [0.25, 0.3) is 0 Å². The highest BCUT2D eigenvalue weighted by atomic mass is 19.1. The Morgan fingerprint density at radius 2 is 1.82 bits per heavy atom. The van der Waals surface area contributed by atoms with Crippen LogP contribution in [0.5, 0.6) is 5.75 Å². The summed E-state index contributed by atoms with van der Waals surface area (Å²) in [6.07, 6.45) is 2.86. The first kappa shape index (κ1) is 18.8. The minimum atomic E-state index is -0.451. The van der Waals surface area contributed by atoms with E-state index >= 15 is 0 Å². The summed E-state index contributed by atoms with van der Waals surface area (Å²) in [6.45, 7) is -0.190. The molecule has 8 heteroatoms. The van der Waals surface area contributed by atoms with E-state index in [-0.39, 0.29) is 24.1 Å². The van der Waals surface area contributed by atoms with Gasteiger partial charge in [0.25, 0.3) is 5.91 Å². The summed E-state index contributed by atoms with van der Waals surface area (Å²) in [5.74, 6) is -0.532. The average molecular weight is 381 g/mol. The highest BCUT2D eigenvalue weighted by Gasteiger charge is 2.06. The first-order valence-electron chi connectivity index (χ1n) is 8.25. The smallest absolute Gasteiger partial charge is 0.307 e. The number of rotatable bonds is 7. The second-order valence-corrected chi connectivity index (χ2v) is 5.59. The van der Waals surface area contributed by atoms with Crippen LogP contribution in [0.3, 0.4) is 0 Å². The van der Waals surface area contributed by atoms with Crippen molar-refractivity contribution >= 4 is 23.7 Å². The SMILES string of the molecule is O=C(COc1ccc(C=NNC(=O)c2ccco2)cc1)Nc1ccc(F)cc1. The molecule has 0 aliphatic carbocycles. The van der Waals surface area contributed by atoms with Crippen molar-refractivity contribution in [3.63, 3.8) is 0 Å². The van der Waals surface area contributed by atoms with Crippen LogP contribution < -0.4 is 15.5 Å². The van der Waals surface area contributed by atoms with Crippen LogP contribution in [0.2, 0.25) is 0 Å². The number of hydrogen-bond donors (Lipinski definition) is 2. The van der Waals surface area contributed by atoms with Crippen molar-refractivity contribution in [2.24, 2.45) is 5.10 Å². The topological polar surface area (TPSA) is 92.9 Å². The molecule has 0 aliphatic rings. The summed E-state index contributed by atoms with van der Waals surface area (Å²) in [7, 11) is 0. The van der Waals surface area contributed by atoms with Gasteiger partial charge in [-0.2, -0.15) is 5.10 Å². The van der Waals surface area contributed by atoms with Crippen molar-refractivity contribution < 1.29 is 23.1 Å². The lowest BCUT2D eigenvalue weighted by molar-refractivity contribution is -0.118. The number of carbonyl (C=O) groups is 2. The number of ether oxygens (including phenoxy) is 1. The van der Waals surface area contributed by atoms with Crippen molar-refractivity contribution in [3.05, 3.63) is 84.1 Å². The molecule has 2 amide bonds. The van der Waals surface area contributed by atoms with Gasteiger partial charge >= 0.3 is 5.91 Å². The second kappa shape index (κ2) is 9.13. The third-order valence-electron chi connectivity index (χ3n) is 3.50. The Hall–Kier alpha value is -3.94.